The molecular formula is C21H21FN4OS. The van der Waals surface area contributed by atoms with Crippen LogP contribution in [0, 0.1) is 5.82 Å². The molecule has 0 radical (unpaired) electrons. The Kier molecular flexibility index (Phi) is 4.39. The van der Waals surface area contributed by atoms with Crippen LogP contribution in [-0.4, -0.2) is 46.5 Å². The van der Waals surface area contributed by atoms with E-state index < -0.39 is 0 Å². The molecule has 0 unspecified atom stereocenters. The quantitative estimate of drug-likeness (QED) is 0.681. The number of aryl methyl sites for hydroxylation is 1. The average molecular weight is 396 g/mol. The smallest absolute Gasteiger partial charge is 0.231 e. The number of piperazine rings is 1. The molecule has 0 N–H and O–H groups in total. The summed E-state index contributed by atoms with van der Waals surface area (Å²) in [6.07, 6.45) is 5.76. The molecule has 3 aromatic rings. The number of carbonyl (C=O) groups is 1. The zero-order chi connectivity index (χ0) is 19.1. The van der Waals surface area contributed by atoms with Gasteiger partial charge in [-0.25, -0.2) is 9.37 Å². The first-order chi connectivity index (χ1) is 13.7. The van der Waals surface area contributed by atoms with Gasteiger partial charge < -0.3 is 14.4 Å². The van der Waals surface area contributed by atoms with E-state index in [9.17, 15) is 9.18 Å². The second-order valence-corrected chi connectivity index (χ2v) is 8.34. The van der Waals surface area contributed by atoms with E-state index in [0.29, 0.717) is 13.1 Å². The molecule has 1 fully saturated rings. The van der Waals surface area contributed by atoms with Gasteiger partial charge in [0.1, 0.15) is 5.82 Å². The molecule has 1 atom stereocenters. The van der Waals surface area contributed by atoms with Crippen molar-refractivity contribution in [3.63, 3.8) is 0 Å². The van der Waals surface area contributed by atoms with Crippen LogP contribution in [0.25, 0.3) is 5.13 Å². The predicted molar refractivity (Wildman–Crippen MR) is 108 cm³/mol. The Labute approximate surface area is 167 Å². The third-order valence-corrected chi connectivity index (χ3v) is 6.76. The molecule has 1 aliphatic heterocycles. The van der Waals surface area contributed by atoms with Crippen molar-refractivity contribution in [3.05, 3.63) is 65.2 Å². The largest absolute Gasteiger partial charge is 0.368 e. The first-order valence-electron chi connectivity index (χ1n) is 9.61. The molecular weight excluding hydrogens is 375 g/mol. The lowest BCUT2D eigenvalue weighted by atomic mass is 10.1. The van der Waals surface area contributed by atoms with Crippen LogP contribution in [-0.2, 0) is 11.2 Å². The van der Waals surface area contributed by atoms with Crippen LogP contribution < -0.4 is 4.90 Å². The topological polar surface area (TPSA) is 41.4 Å². The summed E-state index contributed by atoms with van der Waals surface area (Å²) in [5.41, 5.74) is 1.98. The van der Waals surface area contributed by atoms with Crippen molar-refractivity contribution in [3.8, 4) is 5.13 Å². The first-order valence-corrected chi connectivity index (χ1v) is 10.4. The van der Waals surface area contributed by atoms with Crippen molar-refractivity contribution >= 4 is 22.9 Å². The Hall–Kier alpha value is -2.67. The number of anilines is 1. The molecule has 5 rings (SSSR count). The standard InChI is InChI=1S/C21H21FN4OS/c22-15-3-5-16(6-4-15)24-11-13-25(14-12-24)20(27)17-7-8-18-19(17)23-21(28-18)26-9-1-2-10-26/h1-6,9-10,17H,7-8,11-14H2/t17-/m0/s1. The van der Waals surface area contributed by atoms with Gasteiger partial charge in [0.05, 0.1) is 11.6 Å². The summed E-state index contributed by atoms with van der Waals surface area (Å²) in [5.74, 6) is -0.146. The molecule has 1 saturated heterocycles. The van der Waals surface area contributed by atoms with Gasteiger partial charge >= 0.3 is 0 Å². The van der Waals surface area contributed by atoms with Crippen LogP contribution in [0.2, 0.25) is 0 Å². The average Bonchev–Trinajstić information content (AvgIpc) is 3.45. The lowest BCUT2D eigenvalue weighted by molar-refractivity contribution is -0.133. The number of hydrogen-bond donors (Lipinski definition) is 0. The summed E-state index contributed by atoms with van der Waals surface area (Å²) in [5, 5.41) is 0.939. The van der Waals surface area contributed by atoms with Gasteiger partial charge in [0, 0.05) is 49.1 Å². The van der Waals surface area contributed by atoms with E-state index in [-0.39, 0.29) is 17.6 Å². The molecule has 1 aliphatic carbocycles. The van der Waals surface area contributed by atoms with E-state index in [1.165, 1.54) is 17.0 Å². The Morgan fingerprint density at radius 2 is 1.79 bits per heavy atom. The highest BCUT2D eigenvalue weighted by molar-refractivity contribution is 7.14. The van der Waals surface area contributed by atoms with Crippen molar-refractivity contribution in [2.45, 2.75) is 18.8 Å². The van der Waals surface area contributed by atoms with E-state index in [1.54, 1.807) is 23.5 Å². The molecule has 1 aromatic carbocycles. The minimum absolute atomic E-state index is 0.118. The van der Waals surface area contributed by atoms with Gasteiger partial charge in [-0.1, -0.05) is 0 Å². The maximum Gasteiger partial charge on any atom is 0.231 e. The van der Waals surface area contributed by atoms with Crippen LogP contribution in [0.3, 0.4) is 0 Å². The van der Waals surface area contributed by atoms with E-state index in [0.717, 1.165) is 42.4 Å². The fourth-order valence-electron chi connectivity index (χ4n) is 4.08. The summed E-state index contributed by atoms with van der Waals surface area (Å²) >= 11 is 1.69. The van der Waals surface area contributed by atoms with Crippen LogP contribution in [0.1, 0.15) is 22.9 Å². The number of hydrogen-bond acceptors (Lipinski definition) is 4. The number of aromatic nitrogens is 2. The molecule has 2 aliphatic rings. The molecule has 2 aromatic heterocycles. The predicted octanol–water partition coefficient (Wildman–Crippen LogP) is 3.45. The Balaban J connectivity index is 1.27. The fraction of sp³-hybridized carbons (Fsp3) is 0.333. The molecule has 0 bridgehead atoms. The molecule has 0 spiro atoms. The van der Waals surface area contributed by atoms with Gasteiger partial charge in [-0.15, -0.1) is 11.3 Å². The highest BCUT2D eigenvalue weighted by Crippen LogP contribution is 2.38. The minimum Gasteiger partial charge on any atom is -0.368 e. The van der Waals surface area contributed by atoms with Gasteiger partial charge in [-0.05, 0) is 49.2 Å². The number of amides is 1. The monoisotopic (exact) mass is 396 g/mol. The molecule has 144 valence electrons. The van der Waals surface area contributed by atoms with Crippen molar-refractivity contribution in [2.24, 2.45) is 0 Å². The summed E-state index contributed by atoms with van der Waals surface area (Å²) in [4.78, 5) is 23.4. The van der Waals surface area contributed by atoms with Crippen molar-refractivity contribution in [1.82, 2.24) is 14.5 Å². The van der Waals surface area contributed by atoms with Gasteiger partial charge in [-0.2, -0.15) is 0 Å². The Morgan fingerprint density at radius 3 is 2.50 bits per heavy atom. The number of carbonyl (C=O) groups excluding carboxylic acids is 1. The SMILES string of the molecule is O=C([C@H]1CCc2sc(-n3cccc3)nc21)N1CCN(c2ccc(F)cc2)CC1. The highest BCUT2D eigenvalue weighted by atomic mass is 32.1. The van der Waals surface area contributed by atoms with E-state index in [4.69, 9.17) is 4.98 Å². The number of halogens is 1. The van der Waals surface area contributed by atoms with Gasteiger partial charge in [0.15, 0.2) is 5.13 Å². The second kappa shape index (κ2) is 7.05. The van der Waals surface area contributed by atoms with Crippen LogP contribution >= 0.6 is 11.3 Å². The normalized spacial score (nSPS) is 19.1. The van der Waals surface area contributed by atoms with Crippen molar-refractivity contribution < 1.29 is 9.18 Å². The summed E-state index contributed by atoms with van der Waals surface area (Å²) < 4.78 is 15.1. The highest BCUT2D eigenvalue weighted by Gasteiger charge is 2.36. The number of thiazole rings is 1. The molecule has 5 nitrogen and oxygen atoms in total. The van der Waals surface area contributed by atoms with Crippen LogP contribution in [0.4, 0.5) is 10.1 Å². The molecule has 7 heteroatoms. The third-order valence-electron chi connectivity index (χ3n) is 5.61. The maximum absolute atomic E-state index is 13.2. The van der Waals surface area contributed by atoms with E-state index >= 15 is 0 Å². The van der Waals surface area contributed by atoms with E-state index in [2.05, 4.69) is 4.90 Å². The lowest BCUT2D eigenvalue weighted by Gasteiger charge is -2.37. The summed E-state index contributed by atoms with van der Waals surface area (Å²) in [7, 11) is 0. The number of nitrogens with zero attached hydrogens (tertiary/aromatic N) is 4. The van der Waals surface area contributed by atoms with E-state index in [1.807, 2.05) is 34.0 Å². The Bertz CT molecular complexity index is 975. The number of fused-ring (bicyclic) bond motifs is 1. The minimum atomic E-state index is -0.225. The first kappa shape index (κ1) is 17.4. The molecule has 3 heterocycles. The van der Waals surface area contributed by atoms with Gasteiger partial charge in [-0.3, -0.25) is 4.79 Å². The van der Waals surface area contributed by atoms with Crippen LogP contribution in [0.5, 0.6) is 0 Å². The zero-order valence-corrected chi connectivity index (χ0v) is 16.2. The zero-order valence-electron chi connectivity index (χ0n) is 15.4. The number of benzene rings is 1. The fourth-order valence-corrected chi connectivity index (χ4v) is 5.19. The van der Waals surface area contributed by atoms with Crippen molar-refractivity contribution in [2.75, 3.05) is 31.1 Å². The summed E-state index contributed by atoms with van der Waals surface area (Å²) in [6, 6.07) is 10.5. The van der Waals surface area contributed by atoms with Crippen LogP contribution in [0.15, 0.2) is 48.8 Å². The Morgan fingerprint density at radius 1 is 1.07 bits per heavy atom. The van der Waals surface area contributed by atoms with Crippen molar-refractivity contribution in [1.29, 1.82) is 0 Å². The lowest BCUT2D eigenvalue weighted by Crippen LogP contribution is -2.50. The van der Waals surface area contributed by atoms with Gasteiger partial charge in [0.25, 0.3) is 0 Å². The molecule has 0 saturated carbocycles. The molecule has 1 amide bonds. The van der Waals surface area contributed by atoms with Gasteiger partial charge in [0.2, 0.25) is 5.91 Å². The summed E-state index contributed by atoms with van der Waals surface area (Å²) in [6.45, 7) is 2.92. The molecule has 28 heavy (non-hydrogen) atoms. The number of rotatable bonds is 3. The third kappa shape index (κ3) is 3.09. The maximum atomic E-state index is 13.2. The second-order valence-electron chi connectivity index (χ2n) is 7.28.